The Morgan fingerprint density at radius 3 is 2.92 bits per heavy atom. The van der Waals surface area contributed by atoms with Crippen LogP contribution >= 0.6 is 0 Å². The van der Waals surface area contributed by atoms with Crippen molar-refractivity contribution >= 4 is 0 Å². The van der Waals surface area contributed by atoms with Crippen LogP contribution < -0.4 is 5.32 Å². The van der Waals surface area contributed by atoms with Crippen LogP contribution in [-0.2, 0) is 13.5 Å². The van der Waals surface area contributed by atoms with Gasteiger partial charge >= 0.3 is 0 Å². The Morgan fingerprint density at radius 2 is 2.38 bits per heavy atom. The number of nitrogens with zero attached hydrogens (tertiary/aromatic N) is 3. The smallest absolute Gasteiger partial charge is 0.250 e. The Labute approximate surface area is 75.0 Å². The number of aryl methyl sites for hydroxylation is 1. The molecule has 4 nitrogen and oxygen atoms in total. The van der Waals surface area contributed by atoms with Gasteiger partial charge in [0.2, 0.25) is 0 Å². The second kappa shape index (κ2) is 4.86. The molecule has 1 aromatic heterocycles. The van der Waals surface area contributed by atoms with Gasteiger partial charge in [-0.25, -0.2) is 8.78 Å². The molecule has 0 spiro atoms. The molecule has 0 saturated carbocycles. The van der Waals surface area contributed by atoms with Crippen LogP contribution in [0.5, 0.6) is 0 Å². The Kier molecular flexibility index (Phi) is 3.75. The first-order chi connectivity index (χ1) is 6.20. The Bertz CT molecular complexity index is 248. The lowest BCUT2D eigenvalue weighted by Crippen LogP contribution is -2.24. The van der Waals surface area contributed by atoms with E-state index in [1.165, 1.54) is 0 Å². The summed E-state index contributed by atoms with van der Waals surface area (Å²) in [4.78, 5) is 0. The van der Waals surface area contributed by atoms with E-state index in [0.717, 1.165) is 5.82 Å². The molecule has 0 unspecified atom stereocenters. The highest BCUT2D eigenvalue weighted by Gasteiger charge is 2.02. The van der Waals surface area contributed by atoms with Gasteiger partial charge in [0.1, 0.15) is 12.2 Å². The Morgan fingerprint density at radius 1 is 1.62 bits per heavy atom. The molecule has 0 fully saturated rings. The van der Waals surface area contributed by atoms with Crippen molar-refractivity contribution in [2.45, 2.75) is 12.8 Å². The van der Waals surface area contributed by atoms with Gasteiger partial charge < -0.3 is 9.88 Å². The minimum absolute atomic E-state index is 0.266. The molecule has 0 aliphatic carbocycles. The lowest BCUT2D eigenvalue weighted by Gasteiger charge is -2.02. The second-order valence-electron chi connectivity index (χ2n) is 2.70. The number of hydrogen-bond acceptors (Lipinski definition) is 3. The summed E-state index contributed by atoms with van der Waals surface area (Å²) < 4.78 is 25.1. The lowest BCUT2D eigenvalue weighted by atomic mass is 10.4. The summed E-state index contributed by atoms with van der Waals surface area (Å²) in [5.41, 5.74) is 0. The third-order valence-electron chi connectivity index (χ3n) is 1.63. The molecule has 0 bridgehead atoms. The van der Waals surface area contributed by atoms with Crippen LogP contribution in [0.3, 0.4) is 0 Å². The van der Waals surface area contributed by atoms with Gasteiger partial charge in [-0.3, -0.25) is 0 Å². The third-order valence-corrected chi connectivity index (χ3v) is 1.63. The maximum Gasteiger partial charge on any atom is 0.250 e. The first kappa shape index (κ1) is 10.0. The van der Waals surface area contributed by atoms with Crippen LogP contribution in [0.25, 0.3) is 0 Å². The molecule has 0 atom stereocenters. The lowest BCUT2D eigenvalue weighted by molar-refractivity contribution is 0.146. The highest BCUT2D eigenvalue weighted by Crippen LogP contribution is 1.92. The quantitative estimate of drug-likeness (QED) is 0.675. The van der Waals surface area contributed by atoms with Gasteiger partial charge in [0.15, 0.2) is 0 Å². The van der Waals surface area contributed by atoms with Crippen LogP contribution in [0.2, 0.25) is 0 Å². The molecule has 0 amide bonds. The number of aromatic nitrogens is 3. The largest absolute Gasteiger partial charge is 0.321 e. The van der Waals surface area contributed by atoms with Gasteiger partial charge in [-0.15, -0.1) is 10.2 Å². The zero-order valence-corrected chi connectivity index (χ0v) is 7.37. The molecule has 13 heavy (non-hydrogen) atoms. The zero-order chi connectivity index (χ0) is 9.68. The topological polar surface area (TPSA) is 42.7 Å². The molecular formula is C7H12F2N4. The summed E-state index contributed by atoms with van der Waals surface area (Å²) in [6, 6.07) is 0. The predicted octanol–water partition coefficient (Wildman–Crippen LogP) is 0.212. The van der Waals surface area contributed by atoms with Crippen molar-refractivity contribution in [3.05, 3.63) is 12.2 Å². The molecular weight excluding hydrogens is 178 g/mol. The highest BCUT2D eigenvalue weighted by molar-refractivity contribution is 4.84. The van der Waals surface area contributed by atoms with Crippen molar-refractivity contribution in [1.82, 2.24) is 20.1 Å². The van der Waals surface area contributed by atoms with Gasteiger partial charge in [-0.1, -0.05) is 0 Å². The van der Waals surface area contributed by atoms with Crippen molar-refractivity contribution in [2.75, 3.05) is 13.1 Å². The minimum Gasteiger partial charge on any atom is -0.321 e. The van der Waals surface area contributed by atoms with E-state index in [9.17, 15) is 8.78 Å². The number of hydrogen-bond donors (Lipinski definition) is 1. The van der Waals surface area contributed by atoms with Crippen molar-refractivity contribution in [2.24, 2.45) is 7.05 Å². The molecule has 1 aromatic rings. The minimum atomic E-state index is -2.29. The first-order valence-electron chi connectivity index (χ1n) is 4.02. The SMILES string of the molecule is Cn1cnnc1CCNCC(F)F. The number of nitrogens with one attached hydrogen (secondary N) is 1. The molecule has 74 valence electrons. The summed E-state index contributed by atoms with van der Waals surface area (Å²) in [6.45, 7) is 0.231. The van der Waals surface area contributed by atoms with E-state index in [1.807, 2.05) is 7.05 Å². The first-order valence-corrected chi connectivity index (χ1v) is 4.02. The summed E-state index contributed by atoms with van der Waals surface area (Å²) in [7, 11) is 1.82. The molecule has 0 aliphatic heterocycles. The van der Waals surface area contributed by atoms with Gasteiger partial charge in [0.25, 0.3) is 6.43 Å². The second-order valence-corrected chi connectivity index (χ2v) is 2.70. The fourth-order valence-electron chi connectivity index (χ4n) is 0.945. The molecule has 0 saturated heterocycles. The Hall–Kier alpha value is -1.04. The fraction of sp³-hybridized carbons (Fsp3) is 0.714. The highest BCUT2D eigenvalue weighted by atomic mass is 19.3. The summed E-state index contributed by atoms with van der Waals surface area (Å²) in [6.07, 6.45) is -0.0921. The average molecular weight is 190 g/mol. The van der Waals surface area contributed by atoms with E-state index in [4.69, 9.17) is 0 Å². The number of alkyl halides is 2. The van der Waals surface area contributed by atoms with Crippen LogP contribution in [0.1, 0.15) is 5.82 Å². The van der Waals surface area contributed by atoms with E-state index in [-0.39, 0.29) is 6.54 Å². The van der Waals surface area contributed by atoms with Gasteiger partial charge in [0.05, 0.1) is 6.54 Å². The molecule has 1 heterocycles. The van der Waals surface area contributed by atoms with E-state index in [2.05, 4.69) is 15.5 Å². The molecule has 0 aromatic carbocycles. The molecule has 0 aliphatic rings. The van der Waals surface area contributed by atoms with Crippen LogP contribution in [0, 0.1) is 0 Å². The van der Waals surface area contributed by atoms with E-state index < -0.39 is 6.43 Å². The Balaban J connectivity index is 2.17. The normalized spacial score (nSPS) is 11.1. The predicted molar refractivity (Wildman–Crippen MR) is 43.6 cm³/mol. The summed E-state index contributed by atoms with van der Waals surface area (Å²) in [5, 5.41) is 10.1. The molecule has 6 heteroatoms. The van der Waals surface area contributed by atoms with Crippen LogP contribution in [0.4, 0.5) is 8.78 Å². The number of rotatable bonds is 5. The fourth-order valence-corrected chi connectivity index (χ4v) is 0.945. The van der Waals surface area contributed by atoms with Gasteiger partial charge in [-0.2, -0.15) is 0 Å². The third kappa shape index (κ3) is 3.45. The monoisotopic (exact) mass is 190 g/mol. The molecule has 0 radical (unpaired) electrons. The van der Waals surface area contributed by atoms with Gasteiger partial charge in [0, 0.05) is 20.0 Å². The van der Waals surface area contributed by atoms with Crippen LogP contribution in [-0.4, -0.2) is 34.3 Å². The van der Waals surface area contributed by atoms with E-state index in [0.29, 0.717) is 13.0 Å². The van der Waals surface area contributed by atoms with Crippen molar-refractivity contribution in [3.63, 3.8) is 0 Å². The average Bonchev–Trinajstić information content (AvgIpc) is 2.45. The maximum absolute atomic E-state index is 11.7. The van der Waals surface area contributed by atoms with Crippen molar-refractivity contribution in [3.8, 4) is 0 Å². The number of halogens is 2. The van der Waals surface area contributed by atoms with Gasteiger partial charge in [-0.05, 0) is 0 Å². The summed E-state index contributed by atoms with van der Waals surface area (Å²) in [5.74, 6) is 0.793. The van der Waals surface area contributed by atoms with Crippen molar-refractivity contribution in [1.29, 1.82) is 0 Å². The van der Waals surface area contributed by atoms with Crippen LogP contribution in [0.15, 0.2) is 6.33 Å². The molecule has 1 N–H and O–H groups in total. The van der Waals surface area contributed by atoms with Crippen molar-refractivity contribution < 1.29 is 8.78 Å². The standard InChI is InChI=1S/C7H12F2N4/c1-13-5-11-12-7(13)2-3-10-4-6(8)9/h5-6,10H,2-4H2,1H3. The molecule has 1 rings (SSSR count). The van der Waals surface area contributed by atoms with E-state index in [1.54, 1.807) is 10.9 Å². The zero-order valence-electron chi connectivity index (χ0n) is 7.37. The van der Waals surface area contributed by atoms with E-state index >= 15 is 0 Å². The summed E-state index contributed by atoms with van der Waals surface area (Å²) >= 11 is 0. The maximum atomic E-state index is 11.7.